The molecular formula is C19H25N5O. The Morgan fingerprint density at radius 1 is 1.16 bits per heavy atom. The molecule has 0 spiro atoms. The van der Waals surface area contributed by atoms with Crippen LogP contribution in [0.5, 0.6) is 0 Å². The molecule has 0 aromatic carbocycles. The molecule has 6 heteroatoms. The van der Waals surface area contributed by atoms with Crippen LogP contribution in [0.15, 0.2) is 42.9 Å². The molecule has 0 unspecified atom stereocenters. The first-order valence-corrected chi connectivity index (χ1v) is 8.63. The SMILES string of the molecule is C[C@H](c1cccnc1)N1CCN(C(=O)c2ccnc(N(C)C)c2)CC1. The largest absolute Gasteiger partial charge is 0.363 e. The van der Waals surface area contributed by atoms with Crippen molar-refractivity contribution >= 4 is 11.7 Å². The minimum Gasteiger partial charge on any atom is -0.363 e. The summed E-state index contributed by atoms with van der Waals surface area (Å²) in [6, 6.07) is 8.03. The van der Waals surface area contributed by atoms with Gasteiger partial charge in [-0.05, 0) is 30.7 Å². The molecule has 1 atom stereocenters. The third-order valence-electron chi connectivity index (χ3n) is 4.77. The van der Waals surface area contributed by atoms with Gasteiger partial charge in [0.2, 0.25) is 0 Å². The fourth-order valence-electron chi connectivity index (χ4n) is 3.12. The number of pyridine rings is 2. The summed E-state index contributed by atoms with van der Waals surface area (Å²) in [6.07, 6.45) is 5.41. The van der Waals surface area contributed by atoms with E-state index in [0.29, 0.717) is 11.6 Å². The summed E-state index contributed by atoms with van der Waals surface area (Å²) in [4.78, 5) is 27.5. The van der Waals surface area contributed by atoms with E-state index < -0.39 is 0 Å². The van der Waals surface area contributed by atoms with Gasteiger partial charge in [-0.3, -0.25) is 14.7 Å². The molecule has 3 rings (SSSR count). The van der Waals surface area contributed by atoms with Crippen LogP contribution in [0.2, 0.25) is 0 Å². The Kier molecular flexibility index (Phi) is 5.28. The van der Waals surface area contributed by atoms with Crippen LogP contribution in [0.4, 0.5) is 5.82 Å². The number of carbonyl (C=O) groups excluding carboxylic acids is 1. The Balaban J connectivity index is 1.62. The van der Waals surface area contributed by atoms with Crippen LogP contribution in [0.1, 0.15) is 28.9 Å². The van der Waals surface area contributed by atoms with Crippen molar-refractivity contribution in [2.24, 2.45) is 0 Å². The highest BCUT2D eigenvalue weighted by atomic mass is 16.2. The molecule has 2 aromatic heterocycles. The number of piperazine rings is 1. The van der Waals surface area contributed by atoms with Gasteiger partial charge < -0.3 is 9.80 Å². The number of aromatic nitrogens is 2. The summed E-state index contributed by atoms with van der Waals surface area (Å²) < 4.78 is 0. The minimum atomic E-state index is 0.0826. The van der Waals surface area contributed by atoms with E-state index in [1.807, 2.05) is 42.2 Å². The maximum atomic E-state index is 12.8. The normalized spacial score (nSPS) is 16.5. The first-order chi connectivity index (χ1) is 12.1. The summed E-state index contributed by atoms with van der Waals surface area (Å²) in [6.45, 7) is 5.41. The number of hydrogen-bond acceptors (Lipinski definition) is 5. The number of nitrogens with zero attached hydrogens (tertiary/aromatic N) is 5. The summed E-state index contributed by atoms with van der Waals surface area (Å²) in [7, 11) is 3.85. The van der Waals surface area contributed by atoms with E-state index in [-0.39, 0.29) is 5.91 Å². The van der Waals surface area contributed by atoms with Crippen molar-refractivity contribution in [1.82, 2.24) is 19.8 Å². The van der Waals surface area contributed by atoms with E-state index in [0.717, 1.165) is 32.0 Å². The Labute approximate surface area is 149 Å². The molecule has 2 aromatic rings. The van der Waals surface area contributed by atoms with Crippen LogP contribution >= 0.6 is 0 Å². The lowest BCUT2D eigenvalue weighted by Gasteiger charge is -2.38. The second-order valence-corrected chi connectivity index (χ2v) is 6.59. The molecule has 132 valence electrons. The van der Waals surface area contributed by atoms with Gasteiger partial charge in [0.15, 0.2) is 0 Å². The van der Waals surface area contributed by atoms with Crippen LogP contribution < -0.4 is 4.90 Å². The summed E-state index contributed by atoms with van der Waals surface area (Å²) in [5, 5.41) is 0. The fraction of sp³-hybridized carbons (Fsp3) is 0.421. The smallest absolute Gasteiger partial charge is 0.254 e. The molecule has 1 aliphatic heterocycles. The van der Waals surface area contributed by atoms with Gasteiger partial charge in [-0.25, -0.2) is 4.98 Å². The zero-order chi connectivity index (χ0) is 17.8. The molecule has 6 nitrogen and oxygen atoms in total. The van der Waals surface area contributed by atoms with Crippen molar-refractivity contribution in [2.45, 2.75) is 13.0 Å². The predicted octanol–water partition coefficient (Wildman–Crippen LogP) is 2.06. The second kappa shape index (κ2) is 7.61. The average Bonchev–Trinajstić information content (AvgIpc) is 2.67. The standard InChI is InChI=1S/C19H25N5O/c1-15(17-5-4-7-20-14-17)23-9-11-24(12-10-23)19(25)16-6-8-21-18(13-16)22(2)3/h4-8,13-15H,9-12H2,1-3H3/t15-/m1/s1. The van der Waals surface area contributed by atoms with Gasteiger partial charge in [-0.1, -0.05) is 6.07 Å². The lowest BCUT2D eigenvalue weighted by atomic mass is 10.1. The van der Waals surface area contributed by atoms with E-state index in [1.54, 1.807) is 18.5 Å². The van der Waals surface area contributed by atoms with Crippen LogP contribution in [-0.2, 0) is 0 Å². The highest BCUT2D eigenvalue weighted by molar-refractivity contribution is 5.94. The quantitative estimate of drug-likeness (QED) is 0.853. The highest BCUT2D eigenvalue weighted by Crippen LogP contribution is 2.21. The Bertz CT molecular complexity index is 711. The van der Waals surface area contributed by atoms with Crippen molar-refractivity contribution in [3.05, 3.63) is 54.0 Å². The topological polar surface area (TPSA) is 52.6 Å². The van der Waals surface area contributed by atoms with Crippen LogP contribution in [0, 0.1) is 0 Å². The lowest BCUT2D eigenvalue weighted by molar-refractivity contribution is 0.0582. The van der Waals surface area contributed by atoms with Gasteiger partial charge in [0, 0.05) is 70.5 Å². The molecule has 0 bridgehead atoms. The highest BCUT2D eigenvalue weighted by Gasteiger charge is 2.25. The second-order valence-electron chi connectivity index (χ2n) is 6.59. The summed E-state index contributed by atoms with van der Waals surface area (Å²) >= 11 is 0. The van der Waals surface area contributed by atoms with Crippen LogP contribution in [-0.4, -0.2) is 65.9 Å². The third-order valence-corrected chi connectivity index (χ3v) is 4.77. The number of amides is 1. The Morgan fingerprint density at radius 3 is 2.56 bits per heavy atom. The van der Waals surface area contributed by atoms with E-state index in [4.69, 9.17) is 0 Å². The van der Waals surface area contributed by atoms with Gasteiger partial charge in [0.1, 0.15) is 5.82 Å². The molecule has 0 radical (unpaired) electrons. The summed E-state index contributed by atoms with van der Waals surface area (Å²) in [5.74, 6) is 0.883. The monoisotopic (exact) mass is 339 g/mol. The minimum absolute atomic E-state index is 0.0826. The van der Waals surface area contributed by atoms with E-state index in [2.05, 4.69) is 27.9 Å². The zero-order valence-electron chi connectivity index (χ0n) is 15.1. The van der Waals surface area contributed by atoms with E-state index in [9.17, 15) is 4.79 Å². The molecule has 0 aliphatic carbocycles. The number of carbonyl (C=O) groups is 1. The van der Waals surface area contributed by atoms with Crippen LogP contribution in [0.25, 0.3) is 0 Å². The van der Waals surface area contributed by atoms with Gasteiger partial charge in [0.05, 0.1) is 0 Å². The van der Waals surface area contributed by atoms with Gasteiger partial charge >= 0.3 is 0 Å². The number of rotatable bonds is 4. The Morgan fingerprint density at radius 2 is 1.92 bits per heavy atom. The van der Waals surface area contributed by atoms with Gasteiger partial charge in [0.25, 0.3) is 5.91 Å². The first kappa shape index (κ1) is 17.4. The molecular weight excluding hydrogens is 314 g/mol. The van der Waals surface area contributed by atoms with Crippen LogP contribution in [0.3, 0.4) is 0 Å². The third kappa shape index (κ3) is 3.96. The molecule has 25 heavy (non-hydrogen) atoms. The molecule has 1 saturated heterocycles. The molecule has 3 heterocycles. The average molecular weight is 339 g/mol. The van der Waals surface area contributed by atoms with Crippen molar-refractivity contribution in [3.63, 3.8) is 0 Å². The molecule has 1 aliphatic rings. The molecule has 0 saturated carbocycles. The van der Waals surface area contributed by atoms with Crippen molar-refractivity contribution in [2.75, 3.05) is 45.2 Å². The van der Waals surface area contributed by atoms with Crippen molar-refractivity contribution in [3.8, 4) is 0 Å². The van der Waals surface area contributed by atoms with Crippen molar-refractivity contribution in [1.29, 1.82) is 0 Å². The summed E-state index contributed by atoms with van der Waals surface area (Å²) in [5.41, 5.74) is 1.92. The van der Waals surface area contributed by atoms with E-state index >= 15 is 0 Å². The molecule has 0 N–H and O–H groups in total. The Hall–Kier alpha value is -2.47. The number of hydrogen-bond donors (Lipinski definition) is 0. The van der Waals surface area contributed by atoms with Crippen molar-refractivity contribution < 1.29 is 4.79 Å². The number of anilines is 1. The lowest BCUT2D eigenvalue weighted by Crippen LogP contribution is -2.49. The first-order valence-electron chi connectivity index (χ1n) is 8.63. The van der Waals surface area contributed by atoms with Gasteiger partial charge in [-0.2, -0.15) is 0 Å². The zero-order valence-corrected chi connectivity index (χ0v) is 15.1. The van der Waals surface area contributed by atoms with Gasteiger partial charge in [-0.15, -0.1) is 0 Å². The molecule has 1 amide bonds. The molecule has 1 fully saturated rings. The van der Waals surface area contributed by atoms with E-state index in [1.165, 1.54) is 5.56 Å². The maximum absolute atomic E-state index is 12.8. The fourth-order valence-corrected chi connectivity index (χ4v) is 3.12. The maximum Gasteiger partial charge on any atom is 0.254 e. The predicted molar refractivity (Wildman–Crippen MR) is 98.7 cm³/mol.